The van der Waals surface area contributed by atoms with Gasteiger partial charge in [0.2, 0.25) is 5.91 Å². The van der Waals surface area contributed by atoms with Crippen molar-refractivity contribution >= 4 is 5.91 Å². The van der Waals surface area contributed by atoms with Crippen LogP contribution in [0.1, 0.15) is 32.0 Å². The zero-order chi connectivity index (χ0) is 14.4. The Morgan fingerprint density at radius 3 is 2.75 bits per heavy atom. The van der Waals surface area contributed by atoms with Crippen molar-refractivity contribution in [3.05, 3.63) is 42.7 Å². The second-order valence-electron chi connectivity index (χ2n) is 5.39. The average molecular weight is 274 g/mol. The van der Waals surface area contributed by atoms with E-state index in [-0.39, 0.29) is 11.9 Å². The molecule has 108 valence electrons. The van der Waals surface area contributed by atoms with E-state index in [1.807, 2.05) is 29.1 Å². The fourth-order valence-corrected chi connectivity index (χ4v) is 2.23. The van der Waals surface area contributed by atoms with Crippen LogP contribution in [0.3, 0.4) is 0 Å². The minimum absolute atomic E-state index is 0.0782. The van der Waals surface area contributed by atoms with Gasteiger partial charge in [0.05, 0.1) is 6.33 Å². The molecule has 2 aromatic rings. The van der Waals surface area contributed by atoms with E-state index in [0.717, 1.165) is 18.5 Å². The van der Waals surface area contributed by atoms with Crippen LogP contribution in [0.2, 0.25) is 0 Å². The summed E-state index contributed by atoms with van der Waals surface area (Å²) < 4.78 is 1.98. The number of carbonyl (C=O) groups is 1. The van der Waals surface area contributed by atoms with Crippen molar-refractivity contribution in [2.24, 2.45) is 5.92 Å². The molecule has 0 aliphatic heterocycles. The summed E-state index contributed by atoms with van der Waals surface area (Å²) in [5.41, 5.74) is 1.03. The van der Waals surface area contributed by atoms with E-state index in [1.165, 1.54) is 0 Å². The van der Waals surface area contributed by atoms with Gasteiger partial charge in [-0.15, -0.1) is 0 Å². The van der Waals surface area contributed by atoms with Gasteiger partial charge in [0, 0.05) is 37.3 Å². The number of hydrogen-bond acceptors (Lipinski definition) is 2. The third kappa shape index (κ3) is 3.98. The second-order valence-corrected chi connectivity index (χ2v) is 5.39. The molecule has 0 aromatic carbocycles. The standard InChI is InChI=1S/C15H22N4O/c1-12(2)9-14(19-7-3-4-8-19)15(20)17-6-5-13-10-16-11-18-13/h3-4,7-8,10-12,14H,5-6,9H2,1-2H3,(H,16,18)(H,17,20)/t14-/m0/s1. The maximum absolute atomic E-state index is 12.3. The van der Waals surface area contributed by atoms with Crippen molar-refractivity contribution in [1.29, 1.82) is 0 Å². The smallest absolute Gasteiger partial charge is 0.243 e. The molecular weight excluding hydrogens is 252 g/mol. The van der Waals surface area contributed by atoms with Crippen LogP contribution < -0.4 is 5.32 Å². The molecule has 0 aliphatic carbocycles. The summed E-state index contributed by atoms with van der Waals surface area (Å²) in [4.78, 5) is 19.3. The number of amides is 1. The van der Waals surface area contributed by atoms with Crippen LogP contribution in [0.5, 0.6) is 0 Å². The topological polar surface area (TPSA) is 62.7 Å². The summed E-state index contributed by atoms with van der Waals surface area (Å²) >= 11 is 0. The number of aromatic amines is 1. The lowest BCUT2D eigenvalue weighted by atomic mass is 10.0. The van der Waals surface area contributed by atoms with Crippen LogP contribution in [-0.2, 0) is 11.2 Å². The highest BCUT2D eigenvalue weighted by atomic mass is 16.2. The highest BCUT2D eigenvalue weighted by Gasteiger charge is 2.20. The van der Waals surface area contributed by atoms with E-state index >= 15 is 0 Å². The monoisotopic (exact) mass is 274 g/mol. The number of aromatic nitrogens is 3. The zero-order valence-corrected chi connectivity index (χ0v) is 12.0. The van der Waals surface area contributed by atoms with Crippen molar-refractivity contribution < 1.29 is 4.79 Å². The highest BCUT2D eigenvalue weighted by molar-refractivity contribution is 5.80. The minimum atomic E-state index is -0.133. The number of H-pyrrole nitrogens is 1. The Morgan fingerprint density at radius 1 is 1.40 bits per heavy atom. The van der Waals surface area contributed by atoms with Crippen molar-refractivity contribution in [3.63, 3.8) is 0 Å². The molecule has 2 N–H and O–H groups in total. The predicted molar refractivity (Wildman–Crippen MR) is 78.2 cm³/mol. The lowest BCUT2D eigenvalue weighted by molar-refractivity contribution is -0.124. The maximum Gasteiger partial charge on any atom is 0.243 e. The summed E-state index contributed by atoms with van der Waals surface area (Å²) in [6, 6.07) is 3.77. The first-order valence-electron chi connectivity index (χ1n) is 7.04. The molecule has 20 heavy (non-hydrogen) atoms. The second kappa shape index (κ2) is 6.93. The molecule has 5 nitrogen and oxygen atoms in total. The molecule has 0 fully saturated rings. The molecule has 0 saturated carbocycles. The largest absolute Gasteiger partial charge is 0.354 e. The van der Waals surface area contributed by atoms with Crippen LogP contribution in [0, 0.1) is 5.92 Å². The van der Waals surface area contributed by atoms with Gasteiger partial charge in [-0.1, -0.05) is 13.8 Å². The molecule has 0 bridgehead atoms. The van der Waals surface area contributed by atoms with Crippen LogP contribution in [0.15, 0.2) is 37.1 Å². The van der Waals surface area contributed by atoms with Gasteiger partial charge in [-0.2, -0.15) is 0 Å². The van der Waals surface area contributed by atoms with Crippen molar-refractivity contribution in [1.82, 2.24) is 19.9 Å². The molecule has 5 heteroatoms. The number of imidazole rings is 1. The first-order valence-corrected chi connectivity index (χ1v) is 7.04. The van der Waals surface area contributed by atoms with E-state index in [1.54, 1.807) is 12.5 Å². The summed E-state index contributed by atoms with van der Waals surface area (Å²) in [7, 11) is 0. The molecule has 2 aromatic heterocycles. The lowest BCUT2D eigenvalue weighted by Gasteiger charge is -2.20. The lowest BCUT2D eigenvalue weighted by Crippen LogP contribution is -2.34. The highest BCUT2D eigenvalue weighted by Crippen LogP contribution is 2.18. The summed E-state index contributed by atoms with van der Waals surface area (Å²) in [6.45, 7) is 4.89. The SMILES string of the molecule is CC(C)C[C@@H](C(=O)NCCc1cnc[nH]1)n1cccc1. The Bertz CT molecular complexity index is 502. The van der Waals surface area contributed by atoms with Crippen LogP contribution >= 0.6 is 0 Å². The molecule has 0 saturated heterocycles. The Hall–Kier alpha value is -2.04. The normalized spacial score (nSPS) is 12.6. The van der Waals surface area contributed by atoms with E-state index < -0.39 is 0 Å². The quantitative estimate of drug-likeness (QED) is 0.812. The molecule has 0 radical (unpaired) electrons. The fourth-order valence-electron chi connectivity index (χ4n) is 2.23. The molecule has 0 unspecified atom stereocenters. The molecule has 2 heterocycles. The predicted octanol–water partition coefficient (Wildman–Crippen LogP) is 2.16. The molecule has 0 aliphatic rings. The Labute approximate surface area is 119 Å². The summed E-state index contributed by atoms with van der Waals surface area (Å²) in [6.07, 6.45) is 8.93. The average Bonchev–Trinajstić information content (AvgIpc) is 3.08. The third-order valence-electron chi connectivity index (χ3n) is 3.23. The van der Waals surface area contributed by atoms with Gasteiger partial charge in [0.15, 0.2) is 0 Å². The third-order valence-corrected chi connectivity index (χ3v) is 3.23. The van der Waals surface area contributed by atoms with Gasteiger partial charge in [0.25, 0.3) is 0 Å². The number of nitrogens with zero attached hydrogens (tertiary/aromatic N) is 2. The first-order chi connectivity index (χ1) is 9.66. The number of carbonyl (C=O) groups excluding carboxylic acids is 1. The van der Waals surface area contributed by atoms with Crippen LogP contribution in [0.25, 0.3) is 0 Å². The van der Waals surface area contributed by atoms with Gasteiger partial charge in [-0.05, 0) is 24.5 Å². The van der Waals surface area contributed by atoms with E-state index in [0.29, 0.717) is 12.5 Å². The minimum Gasteiger partial charge on any atom is -0.354 e. The van der Waals surface area contributed by atoms with Crippen molar-refractivity contribution in [2.75, 3.05) is 6.54 Å². The summed E-state index contributed by atoms with van der Waals surface area (Å²) in [5, 5.41) is 3.01. The van der Waals surface area contributed by atoms with Gasteiger partial charge < -0.3 is 14.9 Å². The number of rotatable bonds is 7. The van der Waals surface area contributed by atoms with E-state index in [2.05, 4.69) is 29.1 Å². The van der Waals surface area contributed by atoms with Gasteiger partial charge in [0.1, 0.15) is 6.04 Å². The number of hydrogen-bond donors (Lipinski definition) is 2. The fraction of sp³-hybridized carbons (Fsp3) is 0.467. The number of nitrogens with one attached hydrogen (secondary N) is 2. The molecule has 1 atom stereocenters. The molecule has 2 rings (SSSR count). The van der Waals surface area contributed by atoms with Crippen LogP contribution in [0.4, 0.5) is 0 Å². The molecule has 1 amide bonds. The van der Waals surface area contributed by atoms with E-state index in [9.17, 15) is 4.79 Å². The zero-order valence-electron chi connectivity index (χ0n) is 12.0. The van der Waals surface area contributed by atoms with Gasteiger partial charge >= 0.3 is 0 Å². The Balaban J connectivity index is 1.89. The first kappa shape index (κ1) is 14.4. The van der Waals surface area contributed by atoms with E-state index in [4.69, 9.17) is 0 Å². The Morgan fingerprint density at radius 2 is 2.15 bits per heavy atom. The molecular formula is C15H22N4O. The Kier molecular flexibility index (Phi) is 4.98. The van der Waals surface area contributed by atoms with Crippen molar-refractivity contribution in [2.45, 2.75) is 32.7 Å². The summed E-state index contributed by atoms with van der Waals surface area (Å²) in [5.74, 6) is 0.551. The van der Waals surface area contributed by atoms with Crippen molar-refractivity contribution in [3.8, 4) is 0 Å². The maximum atomic E-state index is 12.3. The van der Waals surface area contributed by atoms with Crippen LogP contribution in [-0.4, -0.2) is 27.0 Å². The van der Waals surface area contributed by atoms with Gasteiger partial charge in [-0.3, -0.25) is 4.79 Å². The molecule has 0 spiro atoms. The van der Waals surface area contributed by atoms with Gasteiger partial charge in [-0.25, -0.2) is 4.98 Å².